The van der Waals surface area contributed by atoms with Crippen molar-refractivity contribution in [3.63, 3.8) is 0 Å². The van der Waals surface area contributed by atoms with Gasteiger partial charge in [0, 0.05) is 11.8 Å². The van der Waals surface area contributed by atoms with Crippen molar-refractivity contribution in [2.45, 2.75) is 6.42 Å². The summed E-state index contributed by atoms with van der Waals surface area (Å²) in [7, 11) is 0. The number of carboxylic acid groups (broad SMARTS) is 1. The van der Waals surface area contributed by atoms with Crippen LogP contribution in [0.3, 0.4) is 0 Å². The first-order valence-corrected chi connectivity index (χ1v) is 5.94. The molecule has 0 saturated carbocycles. The van der Waals surface area contributed by atoms with E-state index in [1.165, 1.54) is 6.20 Å². The van der Waals surface area contributed by atoms with E-state index in [0.717, 1.165) is 5.56 Å². The van der Waals surface area contributed by atoms with Crippen molar-refractivity contribution in [3.05, 3.63) is 52.1 Å². The van der Waals surface area contributed by atoms with Crippen LogP contribution in [0.25, 0.3) is 11.3 Å². The molecule has 5 heteroatoms. The first kappa shape index (κ1) is 12.9. The Morgan fingerprint density at radius 2 is 2.00 bits per heavy atom. The zero-order valence-electron chi connectivity index (χ0n) is 9.23. The van der Waals surface area contributed by atoms with Gasteiger partial charge >= 0.3 is 5.97 Å². The van der Waals surface area contributed by atoms with E-state index in [9.17, 15) is 4.79 Å². The zero-order valence-corrected chi connectivity index (χ0v) is 10.7. The van der Waals surface area contributed by atoms with Gasteiger partial charge in [0.2, 0.25) is 0 Å². The average Bonchev–Trinajstić information content (AvgIpc) is 2.33. The summed E-state index contributed by atoms with van der Waals surface area (Å²) < 4.78 is 0. The monoisotopic (exact) mass is 281 g/mol. The first-order valence-electron chi connectivity index (χ1n) is 5.19. The van der Waals surface area contributed by atoms with Crippen LogP contribution >= 0.6 is 23.2 Å². The summed E-state index contributed by atoms with van der Waals surface area (Å²) in [5, 5.41) is 9.57. The maximum atomic E-state index is 10.6. The molecule has 3 nitrogen and oxygen atoms in total. The number of halogens is 2. The molecule has 0 radical (unpaired) electrons. The van der Waals surface area contributed by atoms with Crippen LogP contribution in [0.2, 0.25) is 10.0 Å². The number of rotatable bonds is 3. The van der Waals surface area contributed by atoms with Crippen molar-refractivity contribution in [3.8, 4) is 11.3 Å². The van der Waals surface area contributed by atoms with Crippen LogP contribution in [-0.2, 0) is 11.2 Å². The molecule has 0 saturated heterocycles. The minimum atomic E-state index is -0.884. The van der Waals surface area contributed by atoms with E-state index in [1.807, 2.05) is 6.07 Å². The molecule has 0 spiro atoms. The van der Waals surface area contributed by atoms with E-state index in [4.69, 9.17) is 28.3 Å². The van der Waals surface area contributed by atoms with Crippen molar-refractivity contribution in [2.75, 3.05) is 0 Å². The summed E-state index contributed by atoms with van der Waals surface area (Å²) in [4.78, 5) is 14.8. The Bertz CT molecular complexity index is 582. The Morgan fingerprint density at radius 1 is 1.22 bits per heavy atom. The van der Waals surface area contributed by atoms with Crippen molar-refractivity contribution in [1.82, 2.24) is 4.98 Å². The molecule has 1 N–H and O–H groups in total. The Kier molecular flexibility index (Phi) is 3.84. The number of benzene rings is 1. The Labute approximate surface area is 114 Å². The van der Waals surface area contributed by atoms with Crippen molar-refractivity contribution >= 4 is 29.2 Å². The van der Waals surface area contributed by atoms with Gasteiger partial charge in [0.05, 0.1) is 22.2 Å². The molecule has 92 valence electrons. The molecule has 18 heavy (non-hydrogen) atoms. The number of carboxylic acids is 1. The molecule has 1 heterocycles. The summed E-state index contributed by atoms with van der Waals surface area (Å²) in [5.41, 5.74) is 2.03. The Balaban J connectivity index is 2.34. The molecule has 2 aromatic rings. The number of aromatic nitrogens is 1. The lowest BCUT2D eigenvalue weighted by atomic mass is 10.1. The van der Waals surface area contributed by atoms with Gasteiger partial charge in [0.1, 0.15) is 0 Å². The second-order valence-electron chi connectivity index (χ2n) is 3.72. The Morgan fingerprint density at radius 3 is 2.61 bits per heavy atom. The number of hydrogen-bond donors (Lipinski definition) is 1. The summed E-state index contributed by atoms with van der Waals surface area (Å²) in [6, 6.07) is 8.75. The molecule has 0 fully saturated rings. The third-order valence-corrected chi connectivity index (χ3v) is 3.23. The highest BCUT2D eigenvalue weighted by molar-refractivity contribution is 6.43. The maximum absolute atomic E-state index is 10.6. The summed E-state index contributed by atoms with van der Waals surface area (Å²) in [6.45, 7) is 0. The van der Waals surface area contributed by atoms with Gasteiger partial charge in [0.15, 0.2) is 0 Å². The SMILES string of the molecule is O=C(O)Cc1ccc(-c2cccc(Cl)c2Cl)nc1. The quantitative estimate of drug-likeness (QED) is 0.934. The first-order chi connectivity index (χ1) is 8.58. The van der Waals surface area contributed by atoms with Crippen LogP contribution in [0.4, 0.5) is 0 Å². The highest BCUT2D eigenvalue weighted by Gasteiger charge is 2.08. The standard InChI is InChI=1S/C13H9Cl2NO2/c14-10-3-1-2-9(13(10)15)11-5-4-8(7-16-11)6-12(17)18/h1-5,7H,6H2,(H,17,18). The summed E-state index contributed by atoms with van der Waals surface area (Å²) in [6.07, 6.45) is 1.48. The van der Waals surface area contributed by atoms with E-state index in [1.54, 1.807) is 24.3 Å². The van der Waals surface area contributed by atoms with Gasteiger partial charge in [-0.3, -0.25) is 9.78 Å². The second kappa shape index (κ2) is 5.38. The number of aliphatic carboxylic acids is 1. The molecule has 0 amide bonds. The third-order valence-electron chi connectivity index (χ3n) is 2.41. The highest BCUT2D eigenvalue weighted by atomic mass is 35.5. The number of carbonyl (C=O) groups is 1. The van der Waals surface area contributed by atoms with Crippen molar-refractivity contribution in [2.24, 2.45) is 0 Å². The van der Waals surface area contributed by atoms with Gasteiger partial charge in [-0.05, 0) is 17.7 Å². The van der Waals surface area contributed by atoms with Crippen molar-refractivity contribution < 1.29 is 9.90 Å². The van der Waals surface area contributed by atoms with E-state index in [0.29, 0.717) is 21.3 Å². The molecule has 0 aliphatic rings. The van der Waals surface area contributed by atoms with Crippen LogP contribution in [0.15, 0.2) is 36.5 Å². The predicted octanol–water partition coefficient (Wildman–Crippen LogP) is 3.68. The average molecular weight is 282 g/mol. The molecule has 0 unspecified atom stereocenters. The van der Waals surface area contributed by atoms with E-state index < -0.39 is 5.97 Å². The lowest BCUT2D eigenvalue weighted by Gasteiger charge is -2.05. The molecule has 0 aliphatic heterocycles. The predicted molar refractivity (Wildman–Crippen MR) is 71.0 cm³/mol. The molecule has 1 aromatic heterocycles. The molecular weight excluding hydrogens is 273 g/mol. The minimum absolute atomic E-state index is 0.0451. The van der Waals surface area contributed by atoms with Gasteiger partial charge < -0.3 is 5.11 Å². The molecule has 1 aromatic carbocycles. The van der Waals surface area contributed by atoms with Crippen LogP contribution in [0, 0.1) is 0 Å². The fraction of sp³-hybridized carbons (Fsp3) is 0.0769. The van der Waals surface area contributed by atoms with E-state index in [2.05, 4.69) is 4.98 Å². The normalized spacial score (nSPS) is 10.3. The fourth-order valence-electron chi connectivity index (χ4n) is 1.56. The van der Waals surface area contributed by atoms with Gasteiger partial charge in [-0.1, -0.05) is 41.4 Å². The number of pyridine rings is 1. The lowest BCUT2D eigenvalue weighted by molar-refractivity contribution is -0.136. The summed E-state index contributed by atoms with van der Waals surface area (Å²) >= 11 is 12.0. The molecule has 0 bridgehead atoms. The number of nitrogens with zero attached hydrogens (tertiary/aromatic N) is 1. The summed E-state index contributed by atoms with van der Waals surface area (Å²) in [5.74, 6) is -0.884. The highest BCUT2D eigenvalue weighted by Crippen LogP contribution is 2.32. The van der Waals surface area contributed by atoms with E-state index in [-0.39, 0.29) is 6.42 Å². The minimum Gasteiger partial charge on any atom is -0.481 e. The van der Waals surface area contributed by atoms with Gasteiger partial charge in [-0.2, -0.15) is 0 Å². The van der Waals surface area contributed by atoms with Crippen LogP contribution in [-0.4, -0.2) is 16.1 Å². The lowest BCUT2D eigenvalue weighted by Crippen LogP contribution is -2.00. The molecule has 0 aliphatic carbocycles. The van der Waals surface area contributed by atoms with E-state index >= 15 is 0 Å². The Hall–Kier alpha value is -1.58. The number of hydrogen-bond acceptors (Lipinski definition) is 2. The largest absolute Gasteiger partial charge is 0.481 e. The third kappa shape index (κ3) is 2.81. The molecular formula is C13H9Cl2NO2. The van der Waals surface area contributed by atoms with Gasteiger partial charge in [-0.25, -0.2) is 0 Å². The van der Waals surface area contributed by atoms with Crippen LogP contribution in [0.1, 0.15) is 5.56 Å². The van der Waals surface area contributed by atoms with Gasteiger partial charge in [0.25, 0.3) is 0 Å². The smallest absolute Gasteiger partial charge is 0.307 e. The molecule has 2 rings (SSSR count). The fourth-order valence-corrected chi connectivity index (χ4v) is 1.96. The zero-order chi connectivity index (χ0) is 13.1. The van der Waals surface area contributed by atoms with Gasteiger partial charge in [-0.15, -0.1) is 0 Å². The van der Waals surface area contributed by atoms with Crippen LogP contribution in [0.5, 0.6) is 0 Å². The topological polar surface area (TPSA) is 50.2 Å². The van der Waals surface area contributed by atoms with Crippen molar-refractivity contribution in [1.29, 1.82) is 0 Å². The molecule has 0 atom stereocenters. The second-order valence-corrected chi connectivity index (χ2v) is 4.51. The maximum Gasteiger partial charge on any atom is 0.307 e. The van der Waals surface area contributed by atoms with Crippen LogP contribution < -0.4 is 0 Å².